The van der Waals surface area contributed by atoms with Crippen molar-refractivity contribution in [2.45, 2.75) is 20.8 Å². The van der Waals surface area contributed by atoms with Crippen LogP contribution in [0.15, 0.2) is 103 Å². The summed E-state index contributed by atoms with van der Waals surface area (Å²) in [4.78, 5) is 7.07. The molecule has 0 radical (unpaired) electrons. The van der Waals surface area contributed by atoms with Crippen molar-refractivity contribution in [3.05, 3.63) is 131 Å². The molecule has 0 amide bonds. The lowest BCUT2D eigenvalue weighted by Crippen LogP contribution is -2.09. The van der Waals surface area contributed by atoms with Crippen molar-refractivity contribution >= 4 is 40.1 Å². The highest BCUT2D eigenvalue weighted by Gasteiger charge is 2.12. The van der Waals surface area contributed by atoms with Crippen LogP contribution in [-0.2, 0) is 0 Å². The molecule has 0 fully saturated rings. The third kappa shape index (κ3) is 4.77. The fourth-order valence-electron chi connectivity index (χ4n) is 4.10. The van der Waals surface area contributed by atoms with Gasteiger partial charge in [0, 0.05) is 22.4 Å². The second-order valence-electron chi connectivity index (χ2n) is 8.86. The molecule has 5 rings (SSSR count). The molecule has 166 valence electrons. The van der Waals surface area contributed by atoms with Crippen molar-refractivity contribution in [2.75, 3.05) is 4.90 Å². The Labute approximate surface area is 201 Å². The maximum atomic E-state index is 4.78. The highest BCUT2D eigenvalue weighted by molar-refractivity contribution is 5.82. The van der Waals surface area contributed by atoms with Gasteiger partial charge in [0.15, 0.2) is 0 Å². The van der Waals surface area contributed by atoms with Crippen molar-refractivity contribution in [3.8, 4) is 0 Å². The molecule has 0 aliphatic heterocycles. The first-order valence-electron chi connectivity index (χ1n) is 11.6. The van der Waals surface area contributed by atoms with Gasteiger partial charge in [-0.3, -0.25) is 0 Å². The fraction of sp³-hybridized carbons (Fsp3) is 0.0938. The van der Waals surface area contributed by atoms with E-state index in [1.165, 1.54) is 22.1 Å². The Bertz CT molecular complexity index is 1400. The molecule has 2 nitrogen and oxygen atoms in total. The monoisotopic (exact) mass is 440 g/mol. The predicted molar refractivity (Wildman–Crippen MR) is 146 cm³/mol. The Morgan fingerprint density at radius 2 is 1.06 bits per heavy atom. The first-order valence-corrected chi connectivity index (χ1v) is 11.6. The van der Waals surface area contributed by atoms with E-state index in [0.717, 1.165) is 33.8 Å². The van der Waals surface area contributed by atoms with Gasteiger partial charge in [-0.1, -0.05) is 71.3 Å². The van der Waals surface area contributed by atoms with Crippen LogP contribution in [0.3, 0.4) is 0 Å². The highest BCUT2D eigenvalue weighted by atomic mass is 15.1. The third-order valence-corrected chi connectivity index (χ3v) is 6.05. The van der Waals surface area contributed by atoms with Crippen LogP contribution in [0.4, 0.5) is 17.1 Å². The van der Waals surface area contributed by atoms with Gasteiger partial charge in [0.1, 0.15) is 0 Å². The summed E-state index contributed by atoms with van der Waals surface area (Å²) in [5, 5.41) is 1.17. The zero-order valence-electron chi connectivity index (χ0n) is 19.9. The largest absolute Gasteiger partial charge is 0.311 e. The Morgan fingerprint density at radius 1 is 0.529 bits per heavy atom. The van der Waals surface area contributed by atoms with Crippen molar-refractivity contribution in [3.63, 3.8) is 0 Å². The molecule has 4 aromatic carbocycles. The Hall–Kier alpha value is -4.17. The molecule has 0 spiro atoms. The summed E-state index contributed by atoms with van der Waals surface area (Å²) in [6.07, 6.45) is 4.19. The van der Waals surface area contributed by atoms with E-state index in [1.807, 2.05) is 0 Å². The van der Waals surface area contributed by atoms with Crippen LogP contribution >= 0.6 is 0 Å². The van der Waals surface area contributed by atoms with Crippen LogP contribution in [0.2, 0.25) is 0 Å². The molecule has 5 aromatic rings. The Morgan fingerprint density at radius 3 is 1.65 bits per heavy atom. The summed E-state index contributed by atoms with van der Waals surface area (Å²) in [6, 6.07) is 36.6. The summed E-state index contributed by atoms with van der Waals surface area (Å²) in [7, 11) is 0. The van der Waals surface area contributed by atoms with Gasteiger partial charge in [0.2, 0.25) is 0 Å². The van der Waals surface area contributed by atoms with Crippen LogP contribution in [0, 0.1) is 20.8 Å². The van der Waals surface area contributed by atoms with Gasteiger partial charge in [-0.2, -0.15) is 0 Å². The van der Waals surface area contributed by atoms with E-state index in [2.05, 4.69) is 141 Å². The summed E-state index contributed by atoms with van der Waals surface area (Å²) in [5.41, 5.74) is 10.3. The van der Waals surface area contributed by atoms with Gasteiger partial charge in [0.05, 0.1) is 11.2 Å². The summed E-state index contributed by atoms with van der Waals surface area (Å²) < 4.78 is 0. The summed E-state index contributed by atoms with van der Waals surface area (Å²) >= 11 is 0. The van der Waals surface area contributed by atoms with Crippen LogP contribution in [0.5, 0.6) is 0 Å². The zero-order valence-corrected chi connectivity index (χ0v) is 19.9. The van der Waals surface area contributed by atoms with Crippen molar-refractivity contribution in [1.82, 2.24) is 4.98 Å². The van der Waals surface area contributed by atoms with Gasteiger partial charge in [-0.25, -0.2) is 4.98 Å². The summed E-state index contributed by atoms with van der Waals surface area (Å²) in [6.45, 7) is 6.34. The molecular formula is C32H28N2. The molecule has 0 N–H and O–H groups in total. The van der Waals surface area contributed by atoms with Gasteiger partial charge < -0.3 is 4.90 Å². The number of pyridine rings is 1. The molecule has 1 aromatic heterocycles. The van der Waals surface area contributed by atoms with Gasteiger partial charge in [-0.15, -0.1) is 0 Å². The van der Waals surface area contributed by atoms with Gasteiger partial charge in [-0.05, 0) is 87.0 Å². The first-order chi connectivity index (χ1) is 16.5. The van der Waals surface area contributed by atoms with E-state index < -0.39 is 0 Å². The van der Waals surface area contributed by atoms with Crippen LogP contribution in [0.25, 0.3) is 23.1 Å². The zero-order chi connectivity index (χ0) is 23.5. The van der Waals surface area contributed by atoms with E-state index >= 15 is 0 Å². The maximum absolute atomic E-state index is 4.78. The quantitative estimate of drug-likeness (QED) is 0.271. The highest BCUT2D eigenvalue weighted by Crippen LogP contribution is 2.34. The lowest BCUT2D eigenvalue weighted by Gasteiger charge is -2.25. The molecule has 2 heteroatoms. The predicted octanol–water partition coefficient (Wildman–Crippen LogP) is 8.80. The number of fused-ring (bicyclic) bond motifs is 1. The number of hydrogen-bond acceptors (Lipinski definition) is 2. The SMILES string of the molecule is Cc1ccc(N(c2ccc(C)cc2)c2ccc(C=Cc3ccc4cc(C)ccc4n3)cc2)cc1. The fourth-order valence-corrected chi connectivity index (χ4v) is 4.10. The maximum Gasteiger partial charge on any atom is 0.0709 e. The van der Waals surface area contributed by atoms with E-state index in [0.29, 0.717) is 0 Å². The molecule has 34 heavy (non-hydrogen) atoms. The molecule has 0 atom stereocenters. The minimum atomic E-state index is 0.960. The lowest BCUT2D eigenvalue weighted by molar-refractivity contribution is 1.27. The molecule has 0 unspecified atom stereocenters. The average molecular weight is 441 g/mol. The third-order valence-electron chi connectivity index (χ3n) is 6.05. The minimum absolute atomic E-state index is 0.960. The molecule has 0 aliphatic rings. The lowest BCUT2D eigenvalue weighted by atomic mass is 10.1. The molecule has 0 bridgehead atoms. The number of hydrogen-bond donors (Lipinski definition) is 0. The minimum Gasteiger partial charge on any atom is -0.311 e. The number of rotatable bonds is 5. The van der Waals surface area contributed by atoms with Gasteiger partial charge >= 0.3 is 0 Å². The van der Waals surface area contributed by atoms with Crippen LogP contribution in [0.1, 0.15) is 27.9 Å². The smallest absolute Gasteiger partial charge is 0.0709 e. The molecule has 1 heterocycles. The second kappa shape index (κ2) is 9.36. The number of aromatic nitrogens is 1. The van der Waals surface area contributed by atoms with E-state index in [9.17, 15) is 0 Å². The number of anilines is 3. The van der Waals surface area contributed by atoms with E-state index in [1.54, 1.807) is 0 Å². The van der Waals surface area contributed by atoms with E-state index in [4.69, 9.17) is 4.98 Å². The normalized spacial score (nSPS) is 11.3. The number of aryl methyl sites for hydroxylation is 3. The Kier molecular flexibility index (Phi) is 5.97. The number of benzene rings is 4. The van der Waals surface area contributed by atoms with E-state index in [-0.39, 0.29) is 0 Å². The second-order valence-corrected chi connectivity index (χ2v) is 8.86. The standard InChI is InChI=1S/C32H28N2/c1-23-4-15-29(16-5-23)34(30-17-6-24(2)7-18-30)31-19-10-26(11-20-31)9-13-28-14-12-27-22-25(3)8-21-32(27)33-28/h4-22H,1-3H3. The van der Waals surface area contributed by atoms with Gasteiger partial charge in [0.25, 0.3) is 0 Å². The van der Waals surface area contributed by atoms with Crippen LogP contribution < -0.4 is 4.90 Å². The summed E-state index contributed by atoms with van der Waals surface area (Å²) in [5.74, 6) is 0. The van der Waals surface area contributed by atoms with Crippen molar-refractivity contribution < 1.29 is 0 Å². The molecule has 0 saturated heterocycles. The topological polar surface area (TPSA) is 16.1 Å². The molecular weight excluding hydrogens is 412 g/mol. The van der Waals surface area contributed by atoms with Crippen molar-refractivity contribution in [2.24, 2.45) is 0 Å². The van der Waals surface area contributed by atoms with Crippen LogP contribution in [-0.4, -0.2) is 4.98 Å². The first kappa shape index (κ1) is 21.7. The van der Waals surface area contributed by atoms with Crippen molar-refractivity contribution in [1.29, 1.82) is 0 Å². The Balaban J connectivity index is 1.43. The molecule has 0 aliphatic carbocycles. The molecule has 0 saturated carbocycles. The number of nitrogens with zero attached hydrogens (tertiary/aromatic N) is 2. The average Bonchev–Trinajstić information content (AvgIpc) is 2.86.